The molecular formula is C11H14F2N2O4. The molecule has 1 saturated heterocycles. The molecule has 0 aliphatic carbocycles. The number of hydrogen-bond donors (Lipinski definition) is 3. The lowest BCUT2D eigenvalue weighted by Gasteiger charge is -2.27. The highest BCUT2D eigenvalue weighted by atomic mass is 19.1. The number of nitrogens with two attached hydrogens (primary N) is 1. The van der Waals surface area contributed by atoms with Crippen LogP contribution in [-0.4, -0.2) is 33.6 Å². The first-order valence-corrected chi connectivity index (χ1v) is 5.63. The van der Waals surface area contributed by atoms with E-state index in [-0.39, 0.29) is 6.42 Å². The summed E-state index contributed by atoms with van der Waals surface area (Å²) in [5.74, 6) is -2.50. The maximum Gasteiger partial charge on any atom is 0.291 e. The molecule has 3 atom stereocenters. The van der Waals surface area contributed by atoms with Crippen molar-refractivity contribution in [2.45, 2.75) is 31.3 Å². The minimum absolute atomic E-state index is 0.0824. The van der Waals surface area contributed by atoms with Gasteiger partial charge in [-0.05, 0) is 6.92 Å². The van der Waals surface area contributed by atoms with Gasteiger partial charge in [0.05, 0.1) is 12.7 Å². The third-order valence-electron chi connectivity index (χ3n) is 3.25. The molecule has 1 aliphatic rings. The van der Waals surface area contributed by atoms with Crippen LogP contribution < -0.4 is 11.3 Å². The van der Waals surface area contributed by atoms with Crippen molar-refractivity contribution in [1.29, 1.82) is 0 Å². The fourth-order valence-electron chi connectivity index (χ4n) is 2.20. The summed E-state index contributed by atoms with van der Waals surface area (Å²) in [6, 6.07) is 0. The molecule has 106 valence electrons. The van der Waals surface area contributed by atoms with Crippen LogP contribution in [0.4, 0.5) is 14.5 Å². The highest BCUT2D eigenvalue weighted by molar-refractivity contribution is 5.38. The summed E-state index contributed by atoms with van der Waals surface area (Å²) in [6.45, 7) is 0.924. The van der Waals surface area contributed by atoms with Crippen molar-refractivity contribution in [3.05, 3.63) is 28.2 Å². The molecule has 0 spiro atoms. The second kappa shape index (κ2) is 4.55. The third-order valence-corrected chi connectivity index (χ3v) is 3.25. The Hall–Kier alpha value is -1.51. The average molecular weight is 276 g/mol. The summed E-state index contributed by atoms with van der Waals surface area (Å²) in [6.07, 6.45) is -1.31. The molecule has 4 N–H and O–H groups in total. The van der Waals surface area contributed by atoms with Gasteiger partial charge in [0, 0.05) is 12.6 Å². The van der Waals surface area contributed by atoms with Gasteiger partial charge in [-0.1, -0.05) is 0 Å². The Bertz CT molecular complexity index is 562. The molecule has 0 unspecified atom stereocenters. The number of aliphatic hydroxyl groups is 2. The van der Waals surface area contributed by atoms with Crippen LogP contribution in [0.3, 0.4) is 0 Å². The van der Waals surface area contributed by atoms with Crippen LogP contribution in [0.5, 0.6) is 0 Å². The summed E-state index contributed by atoms with van der Waals surface area (Å²) < 4.78 is 32.9. The van der Waals surface area contributed by atoms with Crippen molar-refractivity contribution in [2.75, 3.05) is 12.3 Å². The van der Waals surface area contributed by atoms with E-state index < -0.39 is 47.4 Å². The SMILES string of the molecule is C[C@@]1(n2cc(F)c(N)c(F)c2=O)C[C@H](O)[C@@H](CO)O1. The molecule has 6 nitrogen and oxygen atoms in total. The zero-order valence-corrected chi connectivity index (χ0v) is 10.1. The van der Waals surface area contributed by atoms with E-state index in [0.717, 1.165) is 6.20 Å². The summed E-state index contributed by atoms with van der Waals surface area (Å²) in [5, 5.41) is 18.7. The number of nitrogens with zero attached hydrogens (tertiary/aromatic N) is 1. The smallest absolute Gasteiger partial charge is 0.291 e. The monoisotopic (exact) mass is 276 g/mol. The molecule has 0 bridgehead atoms. The molecule has 2 heterocycles. The number of rotatable bonds is 2. The molecule has 0 amide bonds. The first-order chi connectivity index (χ1) is 8.80. The van der Waals surface area contributed by atoms with E-state index in [1.165, 1.54) is 6.92 Å². The van der Waals surface area contributed by atoms with Crippen molar-refractivity contribution in [3.63, 3.8) is 0 Å². The zero-order chi connectivity index (χ0) is 14.4. The van der Waals surface area contributed by atoms with E-state index >= 15 is 0 Å². The Labute approximate surface area is 107 Å². The zero-order valence-electron chi connectivity index (χ0n) is 10.1. The fraction of sp³-hybridized carbons (Fsp3) is 0.545. The van der Waals surface area contributed by atoms with E-state index in [4.69, 9.17) is 15.6 Å². The predicted octanol–water partition coefficient (Wildman–Crippen LogP) is -0.477. The van der Waals surface area contributed by atoms with Gasteiger partial charge >= 0.3 is 0 Å². The molecular weight excluding hydrogens is 262 g/mol. The summed E-state index contributed by atoms with van der Waals surface area (Å²) >= 11 is 0. The number of ether oxygens (including phenoxy) is 1. The molecule has 1 fully saturated rings. The van der Waals surface area contributed by atoms with Crippen LogP contribution in [0, 0.1) is 11.6 Å². The number of anilines is 1. The Morgan fingerprint density at radius 1 is 1.63 bits per heavy atom. The lowest BCUT2D eigenvalue weighted by molar-refractivity contribution is -0.108. The van der Waals surface area contributed by atoms with Crippen molar-refractivity contribution < 1.29 is 23.7 Å². The number of pyridine rings is 1. The topological polar surface area (TPSA) is 97.7 Å². The Kier molecular flexibility index (Phi) is 3.33. The fourth-order valence-corrected chi connectivity index (χ4v) is 2.20. The van der Waals surface area contributed by atoms with Crippen LogP contribution in [0.15, 0.2) is 11.0 Å². The second-order valence-electron chi connectivity index (χ2n) is 4.67. The van der Waals surface area contributed by atoms with Gasteiger partial charge in [0.15, 0.2) is 5.82 Å². The van der Waals surface area contributed by atoms with E-state index in [1.54, 1.807) is 0 Å². The van der Waals surface area contributed by atoms with E-state index in [1.807, 2.05) is 0 Å². The minimum Gasteiger partial charge on any atom is -0.394 e. The normalized spacial score (nSPS) is 30.8. The van der Waals surface area contributed by atoms with Crippen molar-refractivity contribution in [1.82, 2.24) is 4.57 Å². The van der Waals surface area contributed by atoms with Crippen molar-refractivity contribution in [2.24, 2.45) is 0 Å². The first kappa shape index (κ1) is 13.9. The quantitative estimate of drug-likeness (QED) is 0.678. The second-order valence-corrected chi connectivity index (χ2v) is 4.67. The van der Waals surface area contributed by atoms with Gasteiger partial charge < -0.3 is 20.7 Å². The Morgan fingerprint density at radius 2 is 2.26 bits per heavy atom. The lowest BCUT2D eigenvalue weighted by Crippen LogP contribution is -2.40. The molecule has 0 saturated carbocycles. The predicted molar refractivity (Wildman–Crippen MR) is 61.3 cm³/mol. The number of aromatic nitrogens is 1. The van der Waals surface area contributed by atoms with Crippen LogP contribution >= 0.6 is 0 Å². The van der Waals surface area contributed by atoms with E-state index in [2.05, 4.69) is 0 Å². The van der Waals surface area contributed by atoms with Crippen molar-refractivity contribution >= 4 is 5.69 Å². The Balaban J connectivity index is 2.52. The van der Waals surface area contributed by atoms with Crippen LogP contribution in [-0.2, 0) is 10.5 Å². The molecule has 1 aromatic rings. The maximum atomic E-state index is 13.5. The highest BCUT2D eigenvalue weighted by Crippen LogP contribution is 2.34. The Morgan fingerprint density at radius 3 is 2.79 bits per heavy atom. The summed E-state index contributed by atoms with van der Waals surface area (Å²) in [4.78, 5) is 11.8. The van der Waals surface area contributed by atoms with Gasteiger partial charge in [-0.3, -0.25) is 9.36 Å². The number of halogens is 2. The maximum absolute atomic E-state index is 13.5. The summed E-state index contributed by atoms with van der Waals surface area (Å²) in [5.41, 5.74) is 1.63. The molecule has 2 rings (SSSR count). The molecule has 1 aliphatic heterocycles. The molecule has 19 heavy (non-hydrogen) atoms. The van der Waals surface area contributed by atoms with Crippen LogP contribution in [0.25, 0.3) is 0 Å². The third kappa shape index (κ3) is 2.11. The van der Waals surface area contributed by atoms with Gasteiger partial charge in [-0.15, -0.1) is 0 Å². The largest absolute Gasteiger partial charge is 0.394 e. The van der Waals surface area contributed by atoms with Crippen molar-refractivity contribution in [3.8, 4) is 0 Å². The van der Waals surface area contributed by atoms with E-state index in [0.29, 0.717) is 4.57 Å². The number of nitrogen functional groups attached to an aromatic ring is 1. The van der Waals surface area contributed by atoms with Gasteiger partial charge in [-0.2, -0.15) is 4.39 Å². The van der Waals surface area contributed by atoms with Crippen LogP contribution in [0.1, 0.15) is 13.3 Å². The van der Waals surface area contributed by atoms with Gasteiger partial charge in [-0.25, -0.2) is 4.39 Å². The lowest BCUT2D eigenvalue weighted by atomic mass is 10.1. The molecule has 0 radical (unpaired) electrons. The minimum atomic E-state index is -1.45. The molecule has 8 heteroatoms. The van der Waals surface area contributed by atoms with Gasteiger partial charge in [0.1, 0.15) is 17.5 Å². The summed E-state index contributed by atoms with van der Waals surface area (Å²) in [7, 11) is 0. The first-order valence-electron chi connectivity index (χ1n) is 5.63. The average Bonchev–Trinajstić information content (AvgIpc) is 2.67. The number of aliphatic hydroxyl groups excluding tert-OH is 2. The number of hydrogen-bond acceptors (Lipinski definition) is 5. The van der Waals surface area contributed by atoms with Crippen LogP contribution in [0.2, 0.25) is 0 Å². The standard InChI is InChI=1S/C11H14F2N2O4/c1-11(2-6(17)7(4-16)19-11)15-3-5(12)9(14)8(13)10(15)18/h3,6-7,16-17H,2,4,14H2,1H3/t6-,7+,11-/m0/s1. The van der Waals surface area contributed by atoms with E-state index in [9.17, 15) is 18.7 Å². The van der Waals surface area contributed by atoms with Gasteiger partial charge in [0.25, 0.3) is 5.56 Å². The highest BCUT2D eigenvalue weighted by Gasteiger charge is 2.44. The van der Waals surface area contributed by atoms with Gasteiger partial charge in [0.2, 0.25) is 5.82 Å². The molecule has 1 aromatic heterocycles. The molecule has 0 aromatic carbocycles.